The summed E-state index contributed by atoms with van der Waals surface area (Å²) in [5, 5.41) is 13.5. The number of likely N-dealkylation sites (tertiary alicyclic amines) is 1. The number of H-pyrrole nitrogens is 1. The summed E-state index contributed by atoms with van der Waals surface area (Å²) in [6, 6.07) is 13.9. The second kappa shape index (κ2) is 8.86. The molecule has 0 amide bonds. The number of tetrazole rings is 1. The highest BCUT2D eigenvalue weighted by atomic mass is 19.1. The van der Waals surface area contributed by atoms with Crippen molar-refractivity contribution in [1.29, 1.82) is 0 Å². The van der Waals surface area contributed by atoms with Gasteiger partial charge >= 0.3 is 0 Å². The molecule has 3 heterocycles. The highest BCUT2D eigenvalue weighted by molar-refractivity contribution is 5.79. The van der Waals surface area contributed by atoms with Gasteiger partial charge in [0.1, 0.15) is 11.9 Å². The van der Waals surface area contributed by atoms with E-state index in [0.717, 1.165) is 48.0 Å². The van der Waals surface area contributed by atoms with E-state index >= 15 is 0 Å². The molecular weight excluding hydrogens is 419 g/mol. The summed E-state index contributed by atoms with van der Waals surface area (Å²) in [4.78, 5) is 18.6. The second-order valence-corrected chi connectivity index (χ2v) is 9.09. The Balaban J connectivity index is 1.60. The average molecular weight is 447 g/mol. The lowest BCUT2D eigenvalue weighted by Crippen LogP contribution is -2.40. The van der Waals surface area contributed by atoms with Crippen LogP contribution >= 0.6 is 0 Å². The molecule has 2 aromatic heterocycles. The molecule has 7 nitrogen and oxygen atoms in total. The average Bonchev–Trinajstić information content (AvgIpc) is 3.25. The molecule has 4 aromatic rings. The molecule has 0 bridgehead atoms. The summed E-state index contributed by atoms with van der Waals surface area (Å²) < 4.78 is 15.1. The molecule has 33 heavy (non-hydrogen) atoms. The highest BCUT2D eigenvalue weighted by Crippen LogP contribution is 2.31. The fourth-order valence-corrected chi connectivity index (χ4v) is 4.61. The molecular formula is C25H27FN6O. The predicted molar refractivity (Wildman–Crippen MR) is 124 cm³/mol. The van der Waals surface area contributed by atoms with E-state index < -0.39 is 0 Å². The lowest BCUT2D eigenvalue weighted by Gasteiger charge is -2.35. The van der Waals surface area contributed by atoms with Crippen molar-refractivity contribution in [3.05, 3.63) is 87.2 Å². The molecule has 0 spiro atoms. The maximum Gasteiger partial charge on any atom is 0.253 e. The van der Waals surface area contributed by atoms with Crippen molar-refractivity contribution in [2.45, 2.75) is 39.3 Å². The first-order valence-electron chi connectivity index (χ1n) is 11.4. The Hall–Kier alpha value is -3.39. The van der Waals surface area contributed by atoms with Gasteiger partial charge in [-0.2, -0.15) is 0 Å². The maximum absolute atomic E-state index is 13.4. The summed E-state index contributed by atoms with van der Waals surface area (Å²) in [7, 11) is 0. The number of fused-ring (bicyclic) bond motifs is 1. The second-order valence-electron chi connectivity index (χ2n) is 9.09. The van der Waals surface area contributed by atoms with Crippen molar-refractivity contribution in [1.82, 2.24) is 30.1 Å². The number of nitrogens with one attached hydrogen (secondary N) is 1. The van der Waals surface area contributed by atoms with Gasteiger partial charge in [0.05, 0.1) is 6.54 Å². The minimum absolute atomic E-state index is 0.133. The van der Waals surface area contributed by atoms with E-state index in [9.17, 15) is 9.18 Å². The fourth-order valence-electron chi connectivity index (χ4n) is 4.61. The molecule has 1 aliphatic rings. The largest absolute Gasteiger partial charge is 0.322 e. The van der Waals surface area contributed by atoms with Gasteiger partial charge in [-0.1, -0.05) is 30.7 Å². The standard InChI is InChI=1S/C25H27FN6O/c1-16-9-11-31(12-10-16)23(21-14-19-13-17(2)3-8-22(19)27-25(21)33)24-28-29-30-32(24)15-18-4-6-20(26)7-5-18/h3-8,13-14,16,23H,9-12,15H2,1-2H3,(H,27,33). The fraction of sp³-hybridized carbons (Fsp3) is 0.360. The number of aromatic amines is 1. The van der Waals surface area contributed by atoms with Crippen LogP contribution in [0.5, 0.6) is 0 Å². The lowest BCUT2D eigenvalue weighted by molar-refractivity contribution is 0.149. The van der Waals surface area contributed by atoms with Gasteiger partial charge in [0.25, 0.3) is 5.56 Å². The minimum Gasteiger partial charge on any atom is -0.322 e. The van der Waals surface area contributed by atoms with Gasteiger partial charge in [-0.25, -0.2) is 9.07 Å². The summed E-state index contributed by atoms with van der Waals surface area (Å²) >= 11 is 0. The topological polar surface area (TPSA) is 79.7 Å². The normalized spacial score (nSPS) is 16.3. The molecule has 8 heteroatoms. The number of hydrogen-bond acceptors (Lipinski definition) is 5. The van der Waals surface area contributed by atoms with Gasteiger partial charge in [-0.05, 0) is 90.5 Å². The van der Waals surface area contributed by atoms with Crippen LogP contribution in [0.15, 0.2) is 53.3 Å². The van der Waals surface area contributed by atoms with Gasteiger partial charge in [-0.3, -0.25) is 9.69 Å². The molecule has 0 saturated carbocycles. The molecule has 2 aromatic carbocycles. The molecule has 1 N–H and O–H groups in total. The van der Waals surface area contributed by atoms with Gasteiger partial charge in [-0.15, -0.1) is 5.10 Å². The van der Waals surface area contributed by atoms with Crippen molar-refractivity contribution in [2.75, 3.05) is 13.1 Å². The first-order chi connectivity index (χ1) is 16.0. The van der Waals surface area contributed by atoms with Crippen LogP contribution in [0.3, 0.4) is 0 Å². The summed E-state index contributed by atoms with van der Waals surface area (Å²) in [5.74, 6) is 0.982. The van der Waals surface area contributed by atoms with Crippen molar-refractivity contribution < 1.29 is 4.39 Å². The monoisotopic (exact) mass is 446 g/mol. The van der Waals surface area contributed by atoms with E-state index in [0.29, 0.717) is 23.9 Å². The molecule has 1 atom stereocenters. The van der Waals surface area contributed by atoms with E-state index in [1.165, 1.54) is 12.1 Å². The third-order valence-electron chi connectivity index (χ3n) is 6.56. The Kier molecular flexibility index (Phi) is 5.76. The van der Waals surface area contributed by atoms with Crippen molar-refractivity contribution in [3.63, 3.8) is 0 Å². The molecule has 1 aliphatic heterocycles. The first-order valence-corrected chi connectivity index (χ1v) is 11.4. The molecule has 170 valence electrons. The molecule has 0 radical (unpaired) electrons. The third kappa shape index (κ3) is 4.43. The van der Waals surface area contributed by atoms with Crippen LogP contribution in [0, 0.1) is 18.7 Å². The zero-order valence-electron chi connectivity index (χ0n) is 18.8. The molecule has 1 unspecified atom stereocenters. The van der Waals surface area contributed by atoms with Gasteiger partial charge in [0.2, 0.25) is 0 Å². The van der Waals surface area contributed by atoms with E-state index in [4.69, 9.17) is 0 Å². The van der Waals surface area contributed by atoms with Gasteiger partial charge < -0.3 is 4.98 Å². The van der Waals surface area contributed by atoms with Crippen LogP contribution in [-0.4, -0.2) is 43.2 Å². The zero-order valence-corrected chi connectivity index (χ0v) is 18.8. The number of aromatic nitrogens is 5. The molecule has 1 fully saturated rings. The summed E-state index contributed by atoms with van der Waals surface area (Å²) in [6.07, 6.45) is 2.11. The maximum atomic E-state index is 13.4. The van der Waals surface area contributed by atoms with E-state index in [2.05, 4.69) is 38.4 Å². The third-order valence-corrected chi connectivity index (χ3v) is 6.56. The SMILES string of the molecule is Cc1ccc2[nH]c(=O)c(C(c3nnnn3Cc3ccc(F)cc3)N3CCC(C)CC3)cc2c1. The van der Waals surface area contributed by atoms with Crippen LogP contribution in [-0.2, 0) is 6.54 Å². The Labute approximate surface area is 191 Å². The number of aryl methyl sites for hydroxylation is 1. The first kappa shape index (κ1) is 21.5. The number of pyridine rings is 1. The van der Waals surface area contributed by atoms with E-state index in [1.54, 1.807) is 16.8 Å². The zero-order chi connectivity index (χ0) is 22.9. The number of nitrogens with zero attached hydrogens (tertiary/aromatic N) is 5. The summed E-state index contributed by atoms with van der Waals surface area (Å²) in [6.45, 7) is 6.42. The van der Waals surface area contributed by atoms with Crippen molar-refractivity contribution in [2.24, 2.45) is 5.92 Å². The van der Waals surface area contributed by atoms with Crippen LogP contribution in [0.25, 0.3) is 10.9 Å². The van der Waals surface area contributed by atoms with Crippen molar-refractivity contribution >= 4 is 10.9 Å². The smallest absolute Gasteiger partial charge is 0.253 e. The number of piperidine rings is 1. The van der Waals surface area contributed by atoms with E-state index in [1.807, 2.05) is 25.1 Å². The highest BCUT2D eigenvalue weighted by Gasteiger charge is 2.32. The number of hydrogen-bond donors (Lipinski definition) is 1. The van der Waals surface area contributed by atoms with Gasteiger partial charge in [0.15, 0.2) is 5.82 Å². The van der Waals surface area contributed by atoms with Crippen LogP contribution in [0.1, 0.15) is 48.3 Å². The number of rotatable bonds is 5. The van der Waals surface area contributed by atoms with Crippen LogP contribution in [0.4, 0.5) is 4.39 Å². The van der Waals surface area contributed by atoms with Crippen LogP contribution < -0.4 is 5.56 Å². The predicted octanol–water partition coefficient (Wildman–Crippen LogP) is 3.83. The lowest BCUT2D eigenvalue weighted by atomic mass is 9.95. The summed E-state index contributed by atoms with van der Waals surface area (Å²) in [5.41, 5.74) is 3.33. The molecule has 5 rings (SSSR count). The Bertz CT molecular complexity index is 1320. The quantitative estimate of drug-likeness (QED) is 0.504. The Morgan fingerprint density at radius 3 is 2.64 bits per heavy atom. The Morgan fingerprint density at radius 2 is 1.88 bits per heavy atom. The van der Waals surface area contributed by atoms with E-state index in [-0.39, 0.29) is 17.4 Å². The van der Waals surface area contributed by atoms with Crippen molar-refractivity contribution in [3.8, 4) is 0 Å². The minimum atomic E-state index is -0.374. The number of halogens is 1. The molecule has 1 saturated heterocycles. The van der Waals surface area contributed by atoms with Gasteiger partial charge in [0, 0.05) is 11.1 Å². The molecule has 0 aliphatic carbocycles. The van der Waals surface area contributed by atoms with Crippen LogP contribution in [0.2, 0.25) is 0 Å². The number of benzene rings is 2. The Morgan fingerprint density at radius 1 is 1.12 bits per heavy atom.